The zero-order chi connectivity index (χ0) is 16.6. The minimum atomic E-state index is -0.261. The predicted molar refractivity (Wildman–Crippen MR) is 103 cm³/mol. The monoisotopic (exact) mass is 346 g/mol. The first-order chi connectivity index (χ1) is 10.6. The summed E-state index contributed by atoms with van der Waals surface area (Å²) in [7, 11) is 0. The van der Waals surface area contributed by atoms with Crippen molar-refractivity contribution in [2.75, 3.05) is 12.4 Å². The van der Waals surface area contributed by atoms with Crippen molar-refractivity contribution in [2.24, 2.45) is 5.92 Å². The molecular formula is C18H34O2S2. The molecule has 0 radical (unpaired) electrons. The third kappa shape index (κ3) is 12.5. The van der Waals surface area contributed by atoms with Gasteiger partial charge in [0.2, 0.25) is 0 Å². The van der Waals surface area contributed by atoms with Crippen LogP contribution in [0.15, 0.2) is 0 Å². The van der Waals surface area contributed by atoms with Crippen molar-refractivity contribution in [1.82, 2.24) is 0 Å². The highest BCUT2D eigenvalue weighted by Crippen LogP contribution is 2.18. The highest BCUT2D eigenvalue weighted by Gasteiger charge is 2.18. The molecule has 0 fully saturated rings. The molecule has 0 heterocycles. The van der Waals surface area contributed by atoms with Gasteiger partial charge in [-0.15, -0.1) is 11.8 Å². The van der Waals surface area contributed by atoms with Crippen molar-refractivity contribution >= 4 is 34.1 Å². The number of hydrogen-bond donors (Lipinski definition) is 0. The smallest absolute Gasteiger partial charge is 0.314 e. The largest absolute Gasteiger partial charge is 0.465 e. The maximum absolute atomic E-state index is 11.6. The molecule has 0 N–H and O–H groups in total. The molecule has 22 heavy (non-hydrogen) atoms. The average Bonchev–Trinajstić information content (AvgIpc) is 2.51. The molecule has 0 saturated carbocycles. The van der Waals surface area contributed by atoms with Crippen LogP contribution in [0.2, 0.25) is 0 Å². The minimum absolute atomic E-state index is 0.192. The average molecular weight is 347 g/mol. The number of esters is 1. The van der Waals surface area contributed by atoms with Gasteiger partial charge >= 0.3 is 5.97 Å². The summed E-state index contributed by atoms with van der Waals surface area (Å²) in [6.07, 6.45) is 13.5. The molecule has 1 atom stereocenters. The Labute approximate surface area is 147 Å². The molecule has 0 aromatic carbocycles. The second kappa shape index (κ2) is 15.8. The first kappa shape index (κ1) is 21.9. The lowest BCUT2D eigenvalue weighted by Crippen LogP contribution is -2.20. The Morgan fingerprint density at radius 3 is 1.95 bits per heavy atom. The van der Waals surface area contributed by atoms with Gasteiger partial charge in [0.15, 0.2) is 0 Å². The number of unbranched alkanes of at least 4 members (excludes halogenated alkanes) is 9. The Morgan fingerprint density at radius 1 is 0.955 bits per heavy atom. The van der Waals surface area contributed by atoms with E-state index in [0.717, 1.165) is 9.95 Å². The van der Waals surface area contributed by atoms with Gasteiger partial charge in [-0.25, -0.2) is 0 Å². The molecule has 0 aromatic rings. The van der Waals surface area contributed by atoms with Crippen molar-refractivity contribution in [1.29, 1.82) is 0 Å². The van der Waals surface area contributed by atoms with Gasteiger partial charge in [0.25, 0.3) is 0 Å². The Kier molecular flexibility index (Phi) is 15.7. The lowest BCUT2D eigenvalue weighted by molar-refractivity contribution is -0.144. The standard InChI is InChI=1S/C18H34O2S2/c1-4-6-7-8-9-10-11-12-13-14-15-22-18(21)16(3)17(19)20-5-2/h16H,4-15H2,1-3H3. The molecule has 0 spiro atoms. The highest BCUT2D eigenvalue weighted by molar-refractivity contribution is 8.23. The Balaban J connectivity index is 3.38. The number of carbonyl (C=O) groups is 1. The Bertz CT molecular complexity index is 293. The third-order valence-corrected chi connectivity index (χ3v) is 5.57. The van der Waals surface area contributed by atoms with E-state index >= 15 is 0 Å². The summed E-state index contributed by atoms with van der Waals surface area (Å²) in [5.74, 6) is 0.574. The van der Waals surface area contributed by atoms with Gasteiger partial charge in [0, 0.05) is 0 Å². The van der Waals surface area contributed by atoms with Crippen molar-refractivity contribution in [2.45, 2.75) is 85.0 Å². The van der Waals surface area contributed by atoms with Crippen LogP contribution in [0.5, 0.6) is 0 Å². The van der Waals surface area contributed by atoms with Crippen molar-refractivity contribution in [3.8, 4) is 0 Å². The molecule has 0 bridgehead atoms. The summed E-state index contributed by atoms with van der Waals surface area (Å²) < 4.78 is 5.76. The fraction of sp³-hybridized carbons (Fsp3) is 0.889. The lowest BCUT2D eigenvalue weighted by atomic mass is 10.1. The molecular weight excluding hydrogens is 312 g/mol. The fourth-order valence-electron chi connectivity index (χ4n) is 2.25. The maximum atomic E-state index is 11.6. The molecule has 0 aliphatic rings. The van der Waals surface area contributed by atoms with E-state index in [0.29, 0.717) is 6.61 Å². The summed E-state index contributed by atoms with van der Waals surface area (Å²) in [5, 5.41) is 0. The molecule has 1 unspecified atom stereocenters. The number of hydrogen-bond acceptors (Lipinski definition) is 4. The van der Waals surface area contributed by atoms with E-state index in [4.69, 9.17) is 17.0 Å². The third-order valence-electron chi connectivity index (χ3n) is 3.74. The zero-order valence-electron chi connectivity index (χ0n) is 14.7. The summed E-state index contributed by atoms with van der Waals surface area (Å²) >= 11 is 6.95. The van der Waals surface area contributed by atoms with Crippen LogP contribution in [0.4, 0.5) is 0 Å². The van der Waals surface area contributed by atoms with E-state index in [2.05, 4.69) is 6.92 Å². The second-order valence-electron chi connectivity index (χ2n) is 5.82. The molecule has 130 valence electrons. The van der Waals surface area contributed by atoms with E-state index < -0.39 is 0 Å². The Morgan fingerprint density at radius 2 is 1.45 bits per heavy atom. The number of thioether (sulfide) groups is 1. The number of ether oxygens (including phenoxy) is 1. The SMILES string of the molecule is CCCCCCCCCCCCSC(=S)C(C)C(=O)OCC. The minimum Gasteiger partial charge on any atom is -0.465 e. The highest BCUT2D eigenvalue weighted by atomic mass is 32.2. The molecule has 0 aromatic heterocycles. The first-order valence-corrected chi connectivity index (χ1v) is 10.4. The quantitative estimate of drug-likeness (QED) is 0.213. The van der Waals surface area contributed by atoms with Crippen LogP contribution in [-0.2, 0) is 9.53 Å². The van der Waals surface area contributed by atoms with Crippen LogP contribution in [-0.4, -0.2) is 22.5 Å². The lowest BCUT2D eigenvalue weighted by Gasteiger charge is -2.11. The second-order valence-corrected chi connectivity index (χ2v) is 7.66. The topological polar surface area (TPSA) is 26.3 Å². The van der Waals surface area contributed by atoms with Crippen LogP contribution in [0.3, 0.4) is 0 Å². The van der Waals surface area contributed by atoms with Crippen LogP contribution >= 0.6 is 24.0 Å². The normalized spacial score (nSPS) is 12.1. The first-order valence-electron chi connectivity index (χ1n) is 8.96. The van der Waals surface area contributed by atoms with Gasteiger partial charge in [0.05, 0.1) is 16.7 Å². The summed E-state index contributed by atoms with van der Waals surface area (Å²) in [5.41, 5.74) is 0. The molecule has 4 heteroatoms. The summed E-state index contributed by atoms with van der Waals surface area (Å²) in [4.78, 5) is 11.6. The molecule has 2 nitrogen and oxygen atoms in total. The van der Waals surface area contributed by atoms with Crippen molar-refractivity contribution < 1.29 is 9.53 Å². The van der Waals surface area contributed by atoms with E-state index in [1.165, 1.54) is 64.2 Å². The fourth-order valence-corrected chi connectivity index (χ4v) is 3.49. The zero-order valence-corrected chi connectivity index (χ0v) is 16.3. The van der Waals surface area contributed by atoms with Crippen molar-refractivity contribution in [3.05, 3.63) is 0 Å². The van der Waals surface area contributed by atoms with Gasteiger partial charge in [-0.1, -0.05) is 76.9 Å². The Hall–Kier alpha value is -0.0900. The molecule has 0 saturated heterocycles. The predicted octanol–water partition coefficient (Wildman–Crippen LogP) is 6.17. The molecule has 0 amide bonds. The summed E-state index contributed by atoms with van der Waals surface area (Å²) in [6, 6.07) is 0. The molecule has 0 aliphatic carbocycles. The van der Waals surface area contributed by atoms with Crippen LogP contribution in [0.25, 0.3) is 0 Å². The van der Waals surface area contributed by atoms with Crippen LogP contribution < -0.4 is 0 Å². The summed E-state index contributed by atoms with van der Waals surface area (Å²) in [6.45, 7) is 6.35. The van der Waals surface area contributed by atoms with Crippen LogP contribution in [0.1, 0.15) is 85.0 Å². The van der Waals surface area contributed by atoms with Crippen LogP contribution in [0, 0.1) is 5.92 Å². The van der Waals surface area contributed by atoms with Gasteiger partial charge < -0.3 is 4.74 Å². The number of thiocarbonyl (C=S) groups is 1. The van der Waals surface area contributed by atoms with Gasteiger partial charge in [0.1, 0.15) is 0 Å². The van der Waals surface area contributed by atoms with Gasteiger partial charge in [-0.3, -0.25) is 4.79 Å². The molecule has 0 aliphatic heterocycles. The van der Waals surface area contributed by atoms with E-state index in [1.807, 2.05) is 13.8 Å². The van der Waals surface area contributed by atoms with Gasteiger partial charge in [-0.2, -0.15) is 0 Å². The maximum Gasteiger partial charge on any atom is 0.314 e. The van der Waals surface area contributed by atoms with E-state index in [9.17, 15) is 4.79 Å². The number of rotatable bonds is 14. The van der Waals surface area contributed by atoms with Gasteiger partial charge in [-0.05, 0) is 26.0 Å². The molecule has 0 rings (SSSR count). The van der Waals surface area contributed by atoms with E-state index in [-0.39, 0.29) is 11.9 Å². The van der Waals surface area contributed by atoms with E-state index in [1.54, 1.807) is 11.8 Å². The van der Waals surface area contributed by atoms with Crippen molar-refractivity contribution in [3.63, 3.8) is 0 Å². The number of carbonyl (C=O) groups excluding carboxylic acids is 1.